The average molecular weight is 216 g/mol. The quantitative estimate of drug-likeness (QED) is 0.337. The first-order valence-electron chi connectivity index (χ1n) is 3.72. The van der Waals surface area contributed by atoms with Crippen LogP contribution in [-0.4, -0.2) is 10.2 Å². The second kappa shape index (κ2) is 4.48. The normalized spacial score (nSPS) is 12.0. The van der Waals surface area contributed by atoms with Crippen LogP contribution in [0.5, 0.6) is 0 Å². The van der Waals surface area contributed by atoms with Crippen LogP contribution < -0.4 is 11.6 Å². The summed E-state index contributed by atoms with van der Waals surface area (Å²) >= 11 is 3.09. The number of thiazole rings is 1. The fourth-order valence-electron chi connectivity index (χ4n) is 0.774. The first kappa shape index (κ1) is 10.3. The summed E-state index contributed by atoms with van der Waals surface area (Å²) < 4.78 is 0. The Kier molecular flexibility index (Phi) is 3.56. The number of thioether (sulfide) groups is 1. The van der Waals surface area contributed by atoms with Gasteiger partial charge in [-0.15, -0.1) is 11.3 Å². The van der Waals surface area contributed by atoms with Gasteiger partial charge in [0.1, 0.15) is 5.01 Å². The molecule has 0 unspecified atom stereocenters. The van der Waals surface area contributed by atoms with Gasteiger partial charge in [-0.3, -0.25) is 0 Å². The maximum absolute atomic E-state index is 5.43. The van der Waals surface area contributed by atoms with Crippen molar-refractivity contribution in [2.24, 2.45) is 16.7 Å². The van der Waals surface area contributed by atoms with Gasteiger partial charge in [-0.2, -0.15) is 5.10 Å². The van der Waals surface area contributed by atoms with E-state index in [0.29, 0.717) is 5.17 Å². The van der Waals surface area contributed by atoms with Crippen molar-refractivity contribution in [3.8, 4) is 0 Å². The Morgan fingerprint density at radius 2 is 2.31 bits per heavy atom. The molecule has 0 fully saturated rings. The first-order chi connectivity index (χ1) is 6.13. The zero-order valence-corrected chi connectivity index (χ0v) is 9.21. The molecular formula is C7H12N4S2. The second-order valence-corrected chi connectivity index (χ2v) is 4.79. The molecule has 1 heterocycles. The predicted octanol–water partition coefficient (Wildman–Crippen LogP) is 1.18. The zero-order valence-electron chi connectivity index (χ0n) is 7.57. The molecule has 0 radical (unpaired) electrons. The van der Waals surface area contributed by atoms with Crippen molar-refractivity contribution in [3.63, 3.8) is 0 Å². The van der Waals surface area contributed by atoms with Gasteiger partial charge < -0.3 is 11.6 Å². The van der Waals surface area contributed by atoms with E-state index in [1.54, 1.807) is 11.3 Å². The lowest BCUT2D eigenvalue weighted by Crippen LogP contribution is -2.09. The van der Waals surface area contributed by atoms with Crippen molar-refractivity contribution in [1.29, 1.82) is 0 Å². The number of rotatable bonds is 2. The first-order valence-corrected chi connectivity index (χ1v) is 5.52. The monoisotopic (exact) mass is 216 g/mol. The third kappa shape index (κ3) is 2.89. The molecule has 13 heavy (non-hydrogen) atoms. The lowest BCUT2D eigenvalue weighted by Gasteiger charge is -1.94. The van der Waals surface area contributed by atoms with Crippen LogP contribution in [0.1, 0.15) is 15.6 Å². The summed E-state index contributed by atoms with van der Waals surface area (Å²) in [4.78, 5) is 5.61. The summed E-state index contributed by atoms with van der Waals surface area (Å²) in [7, 11) is 0. The summed E-state index contributed by atoms with van der Waals surface area (Å²) in [5, 5.41) is 4.82. The molecule has 72 valence electrons. The lowest BCUT2D eigenvalue weighted by molar-refractivity contribution is 1.17. The molecule has 0 spiro atoms. The maximum atomic E-state index is 5.43. The Morgan fingerprint density at radius 1 is 1.62 bits per heavy atom. The van der Waals surface area contributed by atoms with Crippen molar-refractivity contribution in [3.05, 3.63) is 15.6 Å². The van der Waals surface area contributed by atoms with Crippen LogP contribution in [0.25, 0.3) is 0 Å². The number of aromatic nitrogens is 1. The predicted molar refractivity (Wildman–Crippen MR) is 58.7 cm³/mol. The number of nitrogens with zero attached hydrogens (tertiary/aromatic N) is 2. The van der Waals surface area contributed by atoms with Crippen LogP contribution >= 0.6 is 23.1 Å². The largest absolute Gasteiger partial charge is 0.377 e. The topological polar surface area (TPSA) is 77.3 Å². The number of amidine groups is 1. The summed E-state index contributed by atoms with van der Waals surface area (Å²) in [5.41, 5.74) is 6.52. The van der Waals surface area contributed by atoms with E-state index in [4.69, 9.17) is 11.6 Å². The minimum atomic E-state index is 0.394. The van der Waals surface area contributed by atoms with Gasteiger partial charge >= 0.3 is 0 Å². The Labute approximate surface area is 85.4 Å². The molecule has 1 aromatic heterocycles. The standard InChI is InChI=1S/C7H12N4S2/c1-4-5(2)13-6(10-4)3-12-7(8)11-9/h3,9H2,1-2H3,(H2,8,11). The van der Waals surface area contributed by atoms with E-state index in [9.17, 15) is 0 Å². The number of hydrogen-bond donors (Lipinski definition) is 2. The van der Waals surface area contributed by atoms with Crippen LogP contribution in [0.3, 0.4) is 0 Å². The third-order valence-corrected chi connectivity index (χ3v) is 3.62. The molecule has 1 aromatic rings. The number of hydrazone groups is 1. The average Bonchev–Trinajstić information content (AvgIpc) is 2.42. The number of hydrogen-bond acceptors (Lipinski definition) is 5. The lowest BCUT2D eigenvalue weighted by atomic mass is 10.4. The van der Waals surface area contributed by atoms with E-state index >= 15 is 0 Å². The van der Waals surface area contributed by atoms with Gasteiger partial charge in [0, 0.05) is 4.88 Å². The van der Waals surface area contributed by atoms with Gasteiger partial charge in [0.15, 0.2) is 5.17 Å². The van der Waals surface area contributed by atoms with Crippen molar-refractivity contribution >= 4 is 28.3 Å². The molecule has 0 aliphatic heterocycles. The van der Waals surface area contributed by atoms with Crippen molar-refractivity contribution in [1.82, 2.24) is 4.98 Å². The number of nitrogens with two attached hydrogens (primary N) is 2. The van der Waals surface area contributed by atoms with Gasteiger partial charge in [-0.1, -0.05) is 11.8 Å². The highest BCUT2D eigenvalue weighted by molar-refractivity contribution is 8.13. The highest BCUT2D eigenvalue weighted by atomic mass is 32.2. The maximum Gasteiger partial charge on any atom is 0.177 e. The molecular weight excluding hydrogens is 204 g/mol. The van der Waals surface area contributed by atoms with Gasteiger partial charge in [-0.25, -0.2) is 4.98 Å². The molecule has 0 saturated carbocycles. The van der Waals surface area contributed by atoms with Crippen LogP contribution in [0, 0.1) is 13.8 Å². The van der Waals surface area contributed by atoms with Crippen LogP contribution in [0.15, 0.2) is 5.10 Å². The van der Waals surface area contributed by atoms with Gasteiger partial charge in [-0.05, 0) is 13.8 Å². The molecule has 0 bridgehead atoms. The molecule has 0 aromatic carbocycles. The van der Waals surface area contributed by atoms with E-state index in [0.717, 1.165) is 16.5 Å². The molecule has 0 amide bonds. The zero-order chi connectivity index (χ0) is 9.84. The van der Waals surface area contributed by atoms with E-state index in [1.807, 2.05) is 6.92 Å². The van der Waals surface area contributed by atoms with Crippen molar-refractivity contribution in [2.75, 3.05) is 0 Å². The smallest absolute Gasteiger partial charge is 0.177 e. The van der Waals surface area contributed by atoms with Crippen LogP contribution in [0.4, 0.5) is 0 Å². The van der Waals surface area contributed by atoms with E-state index < -0.39 is 0 Å². The van der Waals surface area contributed by atoms with E-state index in [2.05, 4.69) is 17.0 Å². The molecule has 6 heteroatoms. The Morgan fingerprint density at radius 3 is 2.77 bits per heavy atom. The van der Waals surface area contributed by atoms with Gasteiger partial charge in [0.2, 0.25) is 0 Å². The van der Waals surface area contributed by atoms with Gasteiger partial charge in [0.05, 0.1) is 11.4 Å². The highest BCUT2D eigenvalue weighted by Gasteiger charge is 2.04. The van der Waals surface area contributed by atoms with Gasteiger partial charge in [0.25, 0.3) is 0 Å². The Bertz CT molecular complexity index is 299. The molecule has 0 aliphatic carbocycles. The molecule has 0 aliphatic rings. The summed E-state index contributed by atoms with van der Waals surface area (Å²) in [6.07, 6.45) is 0. The van der Waals surface area contributed by atoms with Crippen molar-refractivity contribution < 1.29 is 0 Å². The van der Waals surface area contributed by atoms with Crippen LogP contribution in [-0.2, 0) is 5.75 Å². The van der Waals surface area contributed by atoms with Crippen molar-refractivity contribution in [2.45, 2.75) is 19.6 Å². The van der Waals surface area contributed by atoms with E-state index in [-0.39, 0.29) is 0 Å². The third-order valence-electron chi connectivity index (χ3n) is 1.54. The minimum absolute atomic E-state index is 0.394. The molecule has 4 nitrogen and oxygen atoms in total. The molecule has 4 N–H and O–H groups in total. The molecule has 0 atom stereocenters. The van der Waals surface area contributed by atoms with E-state index in [1.165, 1.54) is 16.6 Å². The Balaban J connectivity index is 2.55. The molecule has 1 rings (SSSR count). The van der Waals surface area contributed by atoms with Crippen LogP contribution in [0.2, 0.25) is 0 Å². The summed E-state index contributed by atoms with van der Waals surface area (Å²) in [6.45, 7) is 4.06. The fraction of sp³-hybridized carbons (Fsp3) is 0.429. The minimum Gasteiger partial charge on any atom is -0.377 e. The SMILES string of the molecule is Cc1nc(CS/C(N)=N/N)sc1C. The second-order valence-electron chi connectivity index (χ2n) is 2.51. The highest BCUT2D eigenvalue weighted by Crippen LogP contribution is 2.20. The summed E-state index contributed by atoms with van der Waals surface area (Å²) in [5.74, 6) is 5.74. The summed E-state index contributed by atoms with van der Waals surface area (Å²) in [6, 6.07) is 0. The molecule has 0 saturated heterocycles. The Hall–Kier alpha value is -0.750. The number of aryl methyl sites for hydroxylation is 2. The fourth-order valence-corrected chi connectivity index (χ4v) is 2.33.